The first-order chi connectivity index (χ1) is 12.7. The van der Waals surface area contributed by atoms with Gasteiger partial charge in [-0.1, -0.05) is 57.9 Å². The molecular formula is C23H30O4. The van der Waals surface area contributed by atoms with E-state index in [1.54, 1.807) is 24.3 Å². The molecule has 0 amide bonds. The number of hydrogen-bond acceptors (Lipinski definition) is 3. The Kier molecular flexibility index (Phi) is 6.89. The number of phenolic OH excluding ortho intramolecular Hbond substituents is 2. The second kappa shape index (κ2) is 8.94. The van der Waals surface area contributed by atoms with E-state index in [2.05, 4.69) is 20.8 Å². The Morgan fingerprint density at radius 1 is 1.07 bits per heavy atom. The van der Waals surface area contributed by atoms with Crippen molar-refractivity contribution in [3.63, 3.8) is 0 Å². The van der Waals surface area contributed by atoms with Crippen molar-refractivity contribution >= 4 is 5.97 Å². The second-order valence-corrected chi connectivity index (χ2v) is 8.08. The van der Waals surface area contributed by atoms with E-state index in [4.69, 9.17) is 0 Å². The topological polar surface area (TPSA) is 77.8 Å². The summed E-state index contributed by atoms with van der Waals surface area (Å²) < 4.78 is 0. The summed E-state index contributed by atoms with van der Waals surface area (Å²) >= 11 is 0. The molecule has 0 bridgehead atoms. The Hall–Kier alpha value is -2.49. The number of phenols is 2. The molecule has 2 aromatic carbocycles. The zero-order valence-electron chi connectivity index (χ0n) is 16.4. The first-order valence-corrected chi connectivity index (χ1v) is 9.54. The number of carbonyl (C=O) groups is 1. The van der Waals surface area contributed by atoms with Gasteiger partial charge in [-0.3, -0.25) is 0 Å². The Morgan fingerprint density at radius 3 is 2.44 bits per heavy atom. The maximum Gasteiger partial charge on any atom is 0.335 e. The molecule has 0 radical (unpaired) electrons. The number of carboxylic acids is 1. The van der Waals surface area contributed by atoms with Crippen LogP contribution in [0, 0.1) is 5.92 Å². The molecule has 0 aromatic heterocycles. The Labute approximate surface area is 161 Å². The van der Waals surface area contributed by atoms with Gasteiger partial charge in [-0.15, -0.1) is 0 Å². The van der Waals surface area contributed by atoms with Crippen molar-refractivity contribution in [2.24, 2.45) is 5.92 Å². The Balaban J connectivity index is 1.85. The van der Waals surface area contributed by atoms with Gasteiger partial charge in [0.15, 0.2) is 0 Å². The van der Waals surface area contributed by atoms with Gasteiger partial charge in [0.05, 0.1) is 5.56 Å². The zero-order chi connectivity index (χ0) is 20.0. The summed E-state index contributed by atoms with van der Waals surface area (Å²) in [4.78, 5) is 11.3. The van der Waals surface area contributed by atoms with E-state index in [-0.39, 0.29) is 16.9 Å². The summed E-state index contributed by atoms with van der Waals surface area (Å²) in [7, 11) is 0. The van der Waals surface area contributed by atoms with Gasteiger partial charge in [0, 0.05) is 6.07 Å². The van der Waals surface area contributed by atoms with Gasteiger partial charge >= 0.3 is 5.97 Å². The smallest absolute Gasteiger partial charge is 0.335 e. The van der Waals surface area contributed by atoms with Gasteiger partial charge in [-0.05, 0) is 53.9 Å². The first-order valence-electron chi connectivity index (χ1n) is 9.54. The highest BCUT2D eigenvalue weighted by Crippen LogP contribution is 2.37. The van der Waals surface area contributed by atoms with Crippen LogP contribution in [0.2, 0.25) is 0 Å². The first kappa shape index (κ1) is 20.8. The van der Waals surface area contributed by atoms with Crippen LogP contribution in [0.1, 0.15) is 67.9 Å². The molecule has 0 aliphatic heterocycles. The number of carboxylic acid groups (broad SMARTS) is 1. The van der Waals surface area contributed by atoms with E-state index in [0.29, 0.717) is 11.5 Å². The van der Waals surface area contributed by atoms with E-state index in [1.807, 2.05) is 12.1 Å². The SMILES string of the molecule is CC(CCCC(C)(C)c1ccc(O)cc1O)CCc1ccccc1C(=O)O. The lowest BCUT2D eigenvalue weighted by molar-refractivity contribution is 0.0695. The van der Waals surface area contributed by atoms with Crippen molar-refractivity contribution in [2.45, 2.75) is 58.3 Å². The largest absolute Gasteiger partial charge is 0.508 e. The zero-order valence-corrected chi connectivity index (χ0v) is 16.4. The molecule has 0 spiro atoms. The quantitative estimate of drug-likeness (QED) is 0.544. The lowest BCUT2D eigenvalue weighted by atomic mass is 9.78. The standard InChI is InChI=1S/C23H30O4/c1-16(10-11-17-8-4-5-9-19(17)22(26)27)7-6-14-23(2,3)20-13-12-18(24)15-21(20)25/h4-5,8-9,12-13,15-16,24-25H,6-7,10-11,14H2,1-3H3,(H,26,27). The predicted molar refractivity (Wildman–Crippen MR) is 108 cm³/mol. The number of aryl methyl sites for hydroxylation is 1. The van der Waals surface area contributed by atoms with E-state index >= 15 is 0 Å². The molecule has 0 aliphatic rings. The molecular weight excluding hydrogens is 340 g/mol. The third kappa shape index (κ3) is 5.75. The molecule has 27 heavy (non-hydrogen) atoms. The molecule has 1 unspecified atom stereocenters. The van der Waals surface area contributed by atoms with Crippen LogP contribution in [0.5, 0.6) is 11.5 Å². The van der Waals surface area contributed by atoms with Gasteiger partial charge < -0.3 is 15.3 Å². The molecule has 3 N–H and O–H groups in total. The molecule has 1 atom stereocenters. The van der Waals surface area contributed by atoms with Crippen molar-refractivity contribution in [1.29, 1.82) is 0 Å². The third-order valence-corrected chi connectivity index (χ3v) is 5.36. The van der Waals surface area contributed by atoms with Gasteiger partial charge in [0.2, 0.25) is 0 Å². The second-order valence-electron chi connectivity index (χ2n) is 8.08. The highest BCUT2D eigenvalue weighted by Gasteiger charge is 2.24. The number of rotatable bonds is 9. The highest BCUT2D eigenvalue weighted by atomic mass is 16.4. The number of benzene rings is 2. The minimum atomic E-state index is -0.867. The summed E-state index contributed by atoms with van der Waals surface area (Å²) in [6.45, 7) is 6.41. The van der Waals surface area contributed by atoms with Crippen LogP contribution < -0.4 is 0 Å². The normalized spacial score (nSPS) is 12.7. The molecule has 2 rings (SSSR count). The van der Waals surface area contributed by atoms with Crippen molar-refractivity contribution in [1.82, 2.24) is 0 Å². The van der Waals surface area contributed by atoms with E-state index in [9.17, 15) is 20.1 Å². The summed E-state index contributed by atoms with van der Waals surface area (Å²) in [5.74, 6) is -0.162. The fourth-order valence-electron chi connectivity index (χ4n) is 3.61. The summed E-state index contributed by atoms with van der Waals surface area (Å²) in [5, 5.41) is 28.8. The molecule has 0 heterocycles. The van der Waals surface area contributed by atoms with Crippen LogP contribution in [0.15, 0.2) is 42.5 Å². The summed E-state index contributed by atoms with van der Waals surface area (Å²) in [6.07, 6.45) is 4.73. The molecule has 0 fully saturated rings. The maximum atomic E-state index is 11.3. The molecule has 0 aliphatic carbocycles. The van der Waals surface area contributed by atoms with Crippen LogP contribution in [0.25, 0.3) is 0 Å². The molecule has 4 nitrogen and oxygen atoms in total. The van der Waals surface area contributed by atoms with Crippen LogP contribution >= 0.6 is 0 Å². The van der Waals surface area contributed by atoms with Crippen molar-refractivity contribution in [2.75, 3.05) is 0 Å². The minimum absolute atomic E-state index is 0.0716. The number of aromatic hydroxyl groups is 2. The van der Waals surface area contributed by atoms with Crippen LogP contribution in [-0.4, -0.2) is 21.3 Å². The van der Waals surface area contributed by atoms with Crippen LogP contribution in [0.4, 0.5) is 0 Å². The lowest BCUT2D eigenvalue weighted by Gasteiger charge is -2.27. The van der Waals surface area contributed by atoms with Gasteiger partial charge in [-0.2, -0.15) is 0 Å². The molecule has 4 heteroatoms. The molecule has 146 valence electrons. The van der Waals surface area contributed by atoms with E-state index < -0.39 is 5.97 Å². The van der Waals surface area contributed by atoms with Crippen molar-refractivity contribution in [3.8, 4) is 11.5 Å². The molecule has 0 saturated carbocycles. The van der Waals surface area contributed by atoms with Crippen LogP contribution in [-0.2, 0) is 11.8 Å². The number of aromatic carboxylic acids is 1. The van der Waals surface area contributed by atoms with E-state index in [0.717, 1.165) is 43.2 Å². The minimum Gasteiger partial charge on any atom is -0.508 e. The predicted octanol–water partition coefficient (Wildman–Crippen LogP) is 5.51. The highest BCUT2D eigenvalue weighted by molar-refractivity contribution is 5.89. The average Bonchev–Trinajstić information content (AvgIpc) is 2.59. The van der Waals surface area contributed by atoms with Gasteiger partial charge in [0.1, 0.15) is 11.5 Å². The van der Waals surface area contributed by atoms with E-state index in [1.165, 1.54) is 6.07 Å². The Bertz CT molecular complexity index is 780. The summed E-state index contributed by atoms with van der Waals surface area (Å²) in [6, 6.07) is 12.0. The number of hydrogen-bond donors (Lipinski definition) is 3. The monoisotopic (exact) mass is 370 g/mol. The summed E-state index contributed by atoms with van der Waals surface area (Å²) in [5.41, 5.74) is 1.97. The average molecular weight is 370 g/mol. The molecule has 0 saturated heterocycles. The van der Waals surface area contributed by atoms with Crippen molar-refractivity contribution in [3.05, 3.63) is 59.2 Å². The van der Waals surface area contributed by atoms with Gasteiger partial charge in [-0.25, -0.2) is 4.79 Å². The fraction of sp³-hybridized carbons (Fsp3) is 0.435. The molecule has 2 aromatic rings. The van der Waals surface area contributed by atoms with Gasteiger partial charge in [0.25, 0.3) is 0 Å². The Morgan fingerprint density at radius 2 is 1.78 bits per heavy atom. The lowest BCUT2D eigenvalue weighted by Crippen LogP contribution is -2.17. The van der Waals surface area contributed by atoms with Crippen molar-refractivity contribution < 1.29 is 20.1 Å². The third-order valence-electron chi connectivity index (χ3n) is 5.36. The fourth-order valence-corrected chi connectivity index (χ4v) is 3.61. The van der Waals surface area contributed by atoms with Crippen LogP contribution in [0.3, 0.4) is 0 Å². The maximum absolute atomic E-state index is 11.3.